The van der Waals surface area contributed by atoms with Crippen molar-refractivity contribution in [2.75, 3.05) is 6.54 Å². The molecule has 2 aromatic carbocycles. The number of hydrogen-bond acceptors (Lipinski definition) is 2. The Morgan fingerprint density at radius 1 is 1.24 bits per heavy atom. The maximum atomic E-state index is 13.2. The number of carbonyl (C=O) groups is 1. The van der Waals surface area contributed by atoms with E-state index < -0.39 is 0 Å². The summed E-state index contributed by atoms with van der Waals surface area (Å²) in [6, 6.07) is 13.8. The molecule has 1 fully saturated rings. The van der Waals surface area contributed by atoms with Crippen molar-refractivity contribution < 1.29 is 9.90 Å². The van der Waals surface area contributed by atoms with Crippen LogP contribution in [0, 0.1) is 12.8 Å². The predicted molar refractivity (Wildman–Crippen MR) is 98.9 cm³/mol. The summed E-state index contributed by atoms with van der Waals surface area (Å²) < 4.78 is 0. The molecule has 1 N–H and O–H groups in total. The van der Waals surface area contributed by atoms with Crippen LogP contribution in [-0.2, 0) is 11.8 Å². The van der Waals surface area contributed by atoms with Gasteiger partial charge in [0.05, 0.1) is 0 Å². The lowest BCUT2D eigenvalue weighted by atomic mass is 9.59. The molecule has 2 aliphatic rings. The van der Waals surface area contributed by atoms with Crippen molar-refractivity contribution in [2.45, 2.75) is 45.1 Å². The van der Waals surface area contributed by atoms with E-state index in [1.807, 2.05) is 43.3 Å². The first-order chi connectivity index (χ1) is 11.9. The Bertz CT molecular complexity index is 844. The zero-order valence-electron chi connectivity index (χ0n) is 15.1. The molecule has 1 aliphatic heterocycles. The molecule has 0 saturated carbocycles. The van der Waals surface area contributed by atoms with Gasteiger partial charge >= 0.3 is 0 Å². The molecule has 0 unspecified atom stereocenters. The van der Waals surface area contributed by atoms with Crippen LogP contribution in [-0.4, -0.2) is 28.5 Å². The van der Waals surface area contributed by atoms with Crippen molar-refractivity contribution in [3.05, 3.63) is 64.7 Å². The van der Waals surface area contributed by atoms with Crippen molar-refractivity contribution in [3.63, 3.8) is 0 Å². The molecule has 1 heterocycles. The Hall–Kier alpha value is -2.29. The van der Waals surface area contributed by atoms with Gasteiger partial charge in [-0.25, -0.2) is 0 Å². The lowest BCUT2D eigenvalue weighted by Gasteiger charge is -2.54. The molecular weight excluding hydrogens is 310 g/mol. The van der Waals surface area contributed by atoms with Crippen LogP contribution in [0.3, 0.4) is 0 Å². The molecule has 1 amide bonds. The number of likely N-dealkylation sites (tertiary alicyclic amines) is 1. The normalized spacial score (nSPS) is 27.7. The second kappa shape index (κ2) is 5.62. The Morgan fingerprint density at radius 3 is 2.76 bits per heavy atom. The van der Waals surface area contributed by atoms with Crippen molar-refractivity contribution in [2.24, 2.45) is 5.92 Å². The van der Waals surface area contributed by atoms with Crippen molar-refractivity contribution in [1.82, 2.24) is 4.90 Å². The van der Waals surface area contributed by atoms with Gasteiger partial charge in [0.15, 0.2) is 0 Å². The summed E-state index contributed by atoms with van der Waals surface area (Å²) in [6.45, 7) is 7.32. The van der Waals surface area contributed by atoms with Crippen LogP contribution in [0.4, 0.5) is 0 Å². The number of nitrogens with zero attached hydrogens (tertiary/aromatic N) is 1. The van der Waals surface area contributed by atoms with Crippen LogP contribution in [0.25, 0.3) is 0 Å². The number of aromatic hydroxyl groups is 1. The summed E-state index contributed by atoms with van der Waals surface area (Å²) in [4.78, 5) is 15.3. The minimum absolute atomic E-state index is 0.0134. The molecule has 130 valence electrons. The number of phenols is 1. The molecule has 1 aliphatic carbocycles. The molecule has 0 spiro atoms. The third kappa shape index (κ3) is 2.37. The smallest absolute Gasteiger partial charge is 0.254 e. The van der Waals surface area contributed by atoms with Crippen LogP contribution in [0.5, 0.6) is 5.75 Å². The summed E-state index contributed by atoms with van der Waals surface area (Å²) in [5.41, 5.74) is 4.40. The first kappa shape index (κ1) is 16.2. The van der Waals surface area contributed by atoms with Crippen LogP contribution in [0.15, 0.2) is 42.5 Å². The fourth-order valence-corrected chi connectivity index (χ4v) is 4.83. The number of carbonyl (C=O) groups excluding carboxylic acids is 1. The average Bonchev–Trinajstić information content (AvgIpc) is 2.59. The Kier molecular flexibility index (Phi) is 3.64. The molecule has 2 bridgehead atoms. The number of aryl methyl sites for hydroxylation is 1. The van der Waals surface area contributed by atoms with E-state index in [1.165, 1.54) is 11.1 Å². The zero-order chi connectivity index (χ0) is 17.8. The molecular formula is C22H25NO2. The lowest BCUT2D eigenvalue weighted by Crippen LogP contribution is -2.59. The van der Waals surface area contributed by atoms with Crippen LogP contribution in [0.1, 0.15) is 47.3 Å². The van der Waals surface area contributed by atoms with Crippen molar-refractivity contribution >= 4 is 5.91 Å². The number of phenolic OH excluding ortho intramolecular Hbond substituents is 1. The number of piperidine rings is 1. The number of fused-ring (bicyclic) bond motifs is 4. The monoisotopic (exact) mass is 335 g/mol. The first-order valence-electron chi connectivity index (χ1n) is 9.11. The molecule has 3 nitrogen and oxygen atoms in total. The summed E-state index contributed by atoms with van der Waals surface area (Å²) in [6.07, 6.45) is 1.79. The van der Waals surface area contributed by atoms with Crippen LogP contribution >= 0.6 is 0 Å². The summed E-state index contributed by atoms with van der Waals surface area (Å²) in [5.74, 6) is 0.854. The highest BCUT2D eigenvalue weighted by molar-refractivity contribution is 5.96. The van der Waals surface area contributed by atoms with E-state index in [0.29, 0.717) is 11.7 Å². The Labute approximate surface area is 149 Å². The van der Waals surface area contributed by atoms with E-state index >= 15 is 0 Å². The number of hydrogen-bond donors (Lipinski definition) is 1. The quantitative estimate of drug-likeness (QED) is 0.853. The lowest BCUT2D eigenvalue weighted by molar-refractivity contribution is 0.0249. The molecule has 4 rings (SSSR count). The number of rotatable bonds is 1. The highest BCUT2D eigenvalue weighted by Crippen LogP contribution is 2.49. The fraction of sp³-hybridized carbons (Fsp3) is 0.409. The van der Waals surface area contributed by atoms with Crippen molar-refractivity contribution in [3.8, 4) is 5.75 Å². The van der Waals surface area contributed by atoms with Gasteiger partial charge in [-0.1, -0.05) is 38.1 Å². The number of amides is 1. The van der Waals surface area contributed by atoms with Gasteiger partial charge in [0.2, 0.25) is 0 Å². The van der Waals surface area contributed by atoms with Gasteiger partial charge in [0, 0.05) is 18.2 Å². The maximum Gasteiger partial charge on any atom is 0.254 e. The van der Waals surface area contributed by atoms with Gasteiger partial charge in [-0.2, -0.15) is 0 Å². The highest BCUT2D eigenvalue weighted by atomic mass is 16.3. The van der Waals surface area contributed by atoms with E-state index in [1.54, 1.807) is 6.07 Å². The molecule has 3 heteroatoms. The largest absolute Gasteiger partial charge is 0.508 e. The number of benzene rings is 2. The fourth-order valence-electron chi connectivity index (χ4n) is 4.83. The summed E-state index contributed by atoms with van der Waals surface area (Å²) in [5, 5.41) is 9.94. The van der Waals surface area contributed by atoms with Gasteiger partial charge in [-0.05, 0) is 66.0 Å². The third-order valence-electron chi connectivity index (χ3n) is 6.63. The standard InChI is InChI=1S/C22H25NO2/c1-14-6-4-5-7-18(14)21(25)23-11-10-22(3)15(2)20(23)12-16-8-9-17(24)13-19(16)22/h4-9,13,15,20,24H,10-12H2,1-3H3/t15-,20+,22+/m0/s1. The average molecular weight is 335 g/mol. The first-order valence-corrected chi connectivity index (χ1v) is 9.11. The molecule has 0 radical (unpaired) electrons. The molecule has 0 aromatic heterocycles. The Morgan fingerprint density at radius 2 is 2.00 bits per heavy atom. The van der Waals surface area contributed by atoms with Gasteiger partial charge in [0.1, 0.15) is 5.75 Å². The van der Waals surface area contributed by atoms with E-state index in [0.717, 1.165) is 30.5 Å². The van der Waals surface area contributed by atoms with Gasteiger partial charge in [-0.3, -0.25) is 4.79 Å². The minimum atomic E-state index is 0.0134. The van der Waals surface area contributed by atoms with Gasteiger partial charge in [0.25, 0.3) is 5.91 Å². The second-order valence-electron chi connectivity index (χ2n) is 7.88. The third-order valence-corrected chi connectivity index (χ3v) is 6.63. The SMILES string of the molecule is Cc1ccccc1C(=O)N1CC[C@@]2(C)c3cc(O)ccc3C[C@@H]1[C@@H]2C. The molecule has 1 saturated heterocycles. The van der Waals surface area contributed by atoms with Gasteiger partial charge in [-0.15, -0.1) is 0 Å². The summed E-state index contributed by atoms with van der Waals surface area (Å²) in [7, 11) is 0. The van der Waals surface area contributed by atoms with Crippen LogP contribution in [0.2, 0.25) is 0 Å². The second-order valence-corrected chi connectivity index (χ2v) is 7.88. The van der Waals surface area contributed by atoms with Gasteiger partial charge < -0.3 is 10.0 Å². The van der Waals surface area contributed by atoms with Crippen molar-refractivity contribution in [1.29, 1.82) is 0 Å². The molecule has 3 atom stereocenters. The topological polar surface area (TPSA) is 40.5 Å². The predicted octanol–water partition coefficient (Wildman–Crippen LogP) is 4.07. The van der Waals surface area contributed by atoms with Crippen LogP contribution < -0.4 is 0 Å². The zero-order valence-corrected chi connectivity index (χ0v) is 15.1. The molecule has 25 heavy (non-hydrogen) atoms. The van der Waals surface area contributed by atoms with E-state index in [-0.39, 0.29) is 17.4 Å². The Balaban J connectivity index is 1.74. The van der Waals surface area contributed by atoms with E-state index in [2.05, 4.69) is 18.7 Å². The maximum absolute atomic E-state index is 13.2. The van der Waals surface area contributed by atoms with E-state index in [4.69, 9.17) is 0 Å². The summed E-state index contributed by atoms with van der Waals surface area (Å²) >= 11 is 0. The van der Waals surface area contributed by atoms with E-state index in [9.17, 15) is 9.90 Å². The highest BCUT2D eigenvalue weighted by Gasteiger charge is 2.49. The molecule has 2 aromatic rings. The minimum Gasteiger partial charge on any atom is -0.508 e.